The van der Waals surface area contributed by atoms with E-state index in [-0.39, 0.29) is 5.69 Å². The molecule has 6 nitrogen and oxygen atoms in total. The molecule has 0 aliphatic carbocycles. The first-order valence-corrected chi connectivity index (χ1v) is 8.46. The Morgan fingerprint density at radius 2 is 2.00 bits per heavy atom. The van der Waals surface area contributed by atoms with Crippen molar-refractivity contribution < 1.29 is 9.82 Å². The summed E-state index contributed by atoms with van der Waals surface area (Å²) in [5.41, 5.74) is 2.29. The molecule has 0 amide bonds. The second-order valence-corrected chi connectivity index (χ2v) is 6.55. The third-order valence-corrected chi connectivity index (χ3v) is 4.70. The molecular weight excluding hydrogens is 340 g/mol. The van der Waals surface area contributed by atoms with E-state index in [0.717, 1.165) is 43.4 Å². The minimum Gasteiger partial charge on any atom is -0.359 e. The number of halogens is 1. The maximum absolute atomic E-state index is 10.9. The van der Waals surface area contributed by atoms with Gasteiger partial charge in [-0.3, -0.25) is 10.1 Å². The number of nitriles is 1. The van der Waals surface area contributed by atoms with Gasteiger partial charge in [0.2, 0.25) is 0 Å². The lowest BCUT2D eigenvalue weighted by Gasteiger charge is -2.34. The number of hydrogen-bond donors (Lipinski definition) is 1. The van der Waals surface area contributed by atoms with Gasteiger partial charge in [-0.2, -0.15) is 5.26 Å². The SMILES string of the molecule is N#Cc1cc([N+](=O)[O-])ccc1N1CC[NH+](Cc2cccc(Cl)c2)CC1. The number of nitro groups is 1. The molecule has 0 unspecified atom stereocenters. The molecule has 2 aromatic rings. The molecule has 0 aromatic heterocycles. The second-order valence-electron chi connectivity index (χ2n) is 6.11. The van der Waals surface area contributed by atoms with Gasteiger partial charge in [-0.05, 0) is 18.2 Å². The topological polar surface area (TPSA) is 74.6 Å². The molecule has 1 heterocycles. The number of rotatable bonds is 4. The highest BCUT2D eigenvalue weighted by Gasteiger charge is 2.23. The minimum absolute atomic E-state index is 0.0504. The minimum atomic E-state index is -0.475. The molecule has 0 spiro atoms. The van der Waals surface area contributed by atoms with Crippen molar-refractivity contribution in [3.05, 3.63) is 68.7 Å². The van der Waals surface area contributed by atoms with E-state index in [0.29, 0.717) is 5.56 Å². The molecular formula is C18H18ClN4O2+. The molecule has 1 saturated heterocycles. The molecule has 2 aromatic carbocycles. The zero-order valence-electron chi connectivity index (χ0n) is 13.6. The van der Waals surface area contributed by atoms with Crippen LogP contribution in [0.2, 0.25) is 5.02 Å². The van der Waals surface area contributed by atoms with Gasteiger partial charge in [0, 0.05) is 22.7 Å². The van der Waals surface area contributed by atoms with E-state index in [9.17, 15) is 15.4 Å². The van der Waals surface area contributed by atoms with Crippen molar-refractivity contribution in [3.63, 3.8) is 0 Å². The van der Waals surface area contributed by atoms with Gasteiger partial charge < -0.3 is 9.80 Å². The zero-order valence-corrected chi connectivity index (χ0v) is 14.4. The van der Waals surface area contributed by atoms with Crippen LogP contribution in [-0.4, -0.2) is 31.1 Å². The maximum atomic E-state index is 10.9. The summed E-state index contributed by atoms with van der Waals surface area (Å²) in [4.78, 5) is 14.0. The predicted octanol–water partition coefficient (Wildman–Crippen LogP) is 2.02. The molecule has 25 heavy (non-hydrogen) atoms. The van der Waals surface area contributed by atoms with Gasteiger partial charge >= 0.3 is 0 Å². The average Bonchev–Trinajstić information content (AvgIpc) is 2.62. The third-order valence-electron chi connectivity index (χ3n) is 4.47. The van der Waals surface area contributed by atoms with Crippen LogP contribution in [0.4, 0.5) is 11.4 Å². The molecule has 128 valence electrons. The van der Waals surface area contributed by atoms with Crippen LogP contribution in [0.1, 0.15) is 11.1 Å². The Bertz CT molecular complexity index is 826. The second kappa shape index (κ2) is 7.51. The lowest BCUT2D eigenvalue weighted by atomic mass is 10.1. The Kier molecular flexibility index (Phi) is 5.17. The number of nitro benzene ring substituents is 1. The van der Waals surface area contributed by atoms with Crippen LogP contribution in [0.3, 0.4) is 0 Å². The highest BCUT2D eigenvalue weighted by molar-refractivity contribution is 6.30. The van der Waals surface area contributed by atoms with Gasteiger partial charge in [0.25, 0.3) is 5.69 Å². The van der Waals surface area contributed by atoms with Crippen LogP contribution in [-0.2, 0) is 6.54 Å². The number of piperazine rings is 1. The number of nitrogens with one attached hydrogen (secondary N) is 1. The van der Waals surface area contributed by atoms with Crippen molar-refractivity contribution in [1.82, 2.24) is 0 Å². The number of non-ortho nitro benzene ring substituents is 1. The van der Waals surface area contributed by atoms with Gasteiger partial charge in [-0.15, -0.1) is 0 Å². The third kappa shape index (κ3) is 4.08. The van der Waals surface area contributed by atoms with Crippen LogP contribution in [0.15, 0.2) is 42.5 Å². The van der Waals surface area contributed by atoms with Gasteiger partial charge in [0.1, 0.15) is 12.6 Å². The summed E-state index contributed by atoms with van der Waals surface area (Å²) < 4.78 is 0. The van der Waals surface area contributed by atoms with Gasteiger partial charge in [-0.1, -0.05) is 23.7 Å². The van der Waals surface area contributed by atoms with Crippen molar-refractivity contribution in [1.29, 1.82) is 5.26 Å². The summed E-state index contributed by atoms with van der Waals surface area (Å²) in [6.45, 7) is 4.41. The molecule has 0 atom stereocenters. The maximum Gasteiger partial charge on any atom is 0.270 e. The fourth-order valence-corrected chi connectivity index (χ4v) is 3.39. The summed E-state index contributed by atoms with van der Waals surface area (Å²) in [7, 11) is 0. The Morgan fingerprint density at radius 1 is 1.24 bits per heavy atom. The first-order chi connectivity index (χ1) is 12.1. The Morgan fingerprint density at radius 3 is 2.64 bits per heavy atom. The lowest BCUT2D eigenvalue weighted by Crippen LogP contribution is -3.13. The first-order valence-electron chi connectivity index (χ1n) is 8.08. The number of anilines is 1. The van der Waals surface area contributed by atoms with Crippen molar-refractivity contribution >= 4 is 23.0 Å². The Labute approximate surface area is 151 Å². The summed E-state index contributed by atoms with van der Waals surface area (Å²) in [6, 6.07) is 14.5. The van der Waals surface area contributed by atoms with Crippen LogP contribution in [0.25, 0.3) is 0 Å². The fourth-order valence-electron chi connectivity index (χ4n) is 3.18. The van der Waals surface area contributed by atoms with E-state index in [4.69, 9.17) is 11.6 Å². The normalized spacial score (nSPS) is 15.0. The Hall–Kier alpha value is -2.62. The standard InChI is InChI=1S/C18H17ClN4O2/c19-16-3-1-2-14(10-16)13-21-6-8-22(9-7-21)18-5-4-17(23(24)25)11-15(18)12-20/h1-5,10-11H,6-9,13H2/p+1. The van der Waals surface area contributed by atoms with E-state index in [1.165, 1.54) is 22.6 Å². The number of benzene rings is 2. The summed E-state index contributed by atoms with van der Waals surface area (Å²) in [5, 5.41) is 20.9. The molecule has 3 rings (SSSR count). The molecule has 1 aliphatic rings. The van der Waals surface area contributed by atoms with Crippen molar-refractivity contribution in [2.45, 2.75) is 6.54 Å². The van der Waals surface area contributed by atoms with Gasteiger partial charge in [-0.25, -0.2) is 0 Å². The average molecular weight is 358 g/mol. The number of hydrogen-bond acceptors (Lipinski definition) is 4. The molecule has 0 saturated carbocycles. The van der Waals surface area contributed by atoms with E-state index >= 15 is 0 Å². The molecule has 1 N–H and O–H groups in total. The van der Waals surface area contributed by atoms with Crippen LogP contribution >= 0.6 is 11.6 Å². The highest BCUT2D eigenvalue weighted by Crippen LogP contribution is 2.25. The van der Waals surface area contributed by atoms with Gasteiger partial charge in [0.05, 0.1) is 42.4 Å². The molecule has 0 radical (unpaired) electrons. The van der Waals surface area contributed by atoms with Crippen molar-refractivity contribution in [2.75, 3.05) is 31.1 Å². The van der Waals surface area contributed by atoms with E-state index in [1.807, 2.05) is 18.2 Å². The summed E-state index contributed by atoms with van der Waals surface area (Å²) in [5.74, 6) is 0. The predicted molar refractivity (Wildman–Crippen MR) is 95.9 cm³/mol. The Balaban J connectivity index is 1.66. The fraction of sp³-hybridized carbons (Fsp3) is 0.278. The quantitative estimate of drug-likeness (QED) is 0.671. The molecule has 1 fully saturated rings. The molecule has 7 heteroatoms. The highest BCUT2D eigenvalue weighted by atomic mass is 35.5. The molecule has 1 aliphatic heterocycles. The molecule has 0 bridgehead atoms. The smallest absolute Gasteiger partial charge is 0.270 e. The van der Waals surface area contributed by atoms with E-state index < -0.39 is 4.92 Å². The van der Waals surface area contributed by atoms with Crippen LogP contribution in [0, 0.1) is 21.4 Å². The van der Waals surface area contributed by atoms with Crippen LogP contribution in [0.5, 0.6) is 0 Å². The van der Waals surface area contributed by atoms with Gasteiger partial charge in [0.15, 0.2) is 0 Å². The van der Waals surface area contributed by atoms with E-state index in [2.05, 4.69) is 17.0 Å². The van der Waals surface area contributed by atoms with Crippen LogP contribution < -0.4 is 9.80 Å². The zero-order chi connectivity index (χ0) is 17.8. The van der Waals surface area contributed by atoms with Crippen molar-refractivity contribution in [2.24, 2.45) is 0 Å². The van der Waals surface area contributed by atoms with E-state index in [1.54, 1.807) is 6.07 Å². The van der Waals surface area contributed by atoms with Crippen molar-refractivity contribution in [3.8, 4) is 6.07 Å². The number of nitrogens with zero attached hydrogens (tertiary/aromatic N) is 3. The monoisotopic (exact) mass is 357 g/mol. The summed E-state index contributed by atoms with van der Waals surface area (Å²) >= 11 is 6.04. The number of quaternary nitrogens is 1. The largest absolute Gasteiger partial charge is 0.359 e. The lowest BCUT2D eigenvalue weighted by molar-refractivity contribution is -0.914. The first kappa shape index (κ1) is 17.2. The summed E-state index contributed by atoms with van der Waals surface area (Å²) in [6.07, 6.45) is 0.